The summed E-state index contributed by atoms with van der Waals surface area (Å²) in [5, 5.41) is 14.8. The number of nitrogen functional groups attached to an aromatic ring is 2. The Morgan fingerprint density at radius 3 is 1.28 bits per heavy atom. The number of methoxy groups -OCH3 is 4. The van der Waals surface area contributed by atoms with Crippen LogP contribution in [0.15, 0.2) is 158 Å². The number of aromatic nitrogens is 4. The number of Topliss-reactive ketones (excluding diaryl/α,β-unsaturated/α-hetero) is 3. The van der Waals surface area contributed by atoms with Crippen molar-refractivity contribution in [2.24, 2.45) is 5.14 Å². The average Bonchev–Trinajstić information content (AvgIpc) is 0.805. The molecule has 0 aliphatic carbocycles. The van der Waals surface area contributed by atoms with Gasteiger partial charge in [0.15, 0.2) is 17.3 Å². The minimum atomic E-state index is -3.98. The molecular formula is C71H77BClF3N8O13S-. The molecule has 0 aliphatic heterocycles. The van der Waals surface area contributed by atoms with E-state index in [9.17, 15) is 37.1 Å². The van der Waals surface area contributed by atoms with Crippen molar-refractivity contribution in [1.29, 1.82) is 0 Å². The minimum Gasteiger partial charge on any atom is -0.496 e. The number of nitrogens with zero attached hydrogens (tertiary/aromatic N) is 4. The number of carbonyl (C=O) groups is 4. The molecule has 9 aromatic rings. The number of carbonyl (C=O) groups excluding carboxylic acids is 4. The van der Waals surface area contributed by atoms with Crippen molar-refractivity contribution < 1.29 is 74.2 Å². The zero-order chi connectivity index (χ0) is 70.7. The quantitative estimate of drug-likeness (QED) is 0.0147. The highest BCUT2D eigenvalue weighted by molar-refractivity contribution is 7.90. The van der Waals surface area contributed by atoms with Crippen LogP contribution in [0, 0.1) is 24.9 Å². The molecule has 0 saturated carbocycles. The van der Waals surface area contributed by atoms with Crippen LogP contribution in [0.3, 0.4) is 0 Å². The van der Waals surface area contributed by atoms with E-state index in [4.69, 9.17) is 40.2 Å². The monoisotopic (exact) mass is 1380 g/mol. The molecule has 98 heavy (non-hydrogen) atoms. The molecule has 27 heteroatoms. The lowest BCUT2D eigenvalue weighted by Gasteiger charge is -2.37. The van der Waals surface area contributed by atoms with Gasteiger partial charge in [-0.15, -0.1) is 12.4 Å². The molecule has 0 unspecified atom stereocenters. The van der Waals surface area contributed by atoms with E-state index >= 15 is 8.78 Å². The number of halogens is 4. The summed E-state index contributed by atoms with van der Waals surface area (Å²) in [4.78, 5) is 61.6. The Balaban J connectivity index is 0.000000281. The molecule has 0 amide bonds. The van der Waals surface area contributed by atoms with Gasteiger partial charge < -0.3 is 52.3 Å². The molecule has 0 saturated heterocycles. The zero-order valence-electron chi connectivity index (χ0n) is 56.0. The van der Waals surface area contributed by atoms with E-state index in [0.717, 1.165) is 16.7 Å². The fraction of sp³-hybridized carbons (Fsp3) is 0.225. The van der Waals surface area contributed by atoms with Crippen molar-refractivity contribution in [2.75, 3.05) is 44.6 Å². The Labute approximate surface area is 575 Å². The van der Waals surface area contributed by atoms with E-state index in [1.165, 1.54) is 67.7 Å². The van der Waals surface area contributed by atoms with Crippen LogP contribution in [0.1, 0.15) is 107 Å². The second-order valence-electron chi connectivity index (χ2n) is 22.3. The predicted molar refractivity (Wildman–Crippen MR) is 375 cm³/mol. The van der Waals surface area contributed by atoms with Crippen molar-refractivity contribution in [3.05, 3.63) is 228 Å². The van der Waals surface area contributed by atoms with Crippen molar-refractivity contribution in [2.45, 2.75) is 79.1 Å². The number of nitrogens with one attached hydrogen (secondary N) is 1. The van der Waals surface area contributed by atoms with Gasteiger partial charge in [-0.3, -0.25) is 14.4 Å². The van der Waals surface area contributed by atoms with Gasteiger partial charge >= 0.3 is 13.6 Å². The molecule has 7 aromatic carbocycles. The van der Waals surface area contributed by atoms with E-state index in [1.807, 2.05) is 42.8 Å². The number of rotatable bonds is 21. The number of ether oxygens (including phenoxy) is 5. The van der Waals surface area contributed by atoms with Crippen molar-refractivity contribution in [1.82, 2.24) is 19.9 Å². The molecule has 517 valence electrons. The lowest BCUT2D eigenvalue weighted by atomic mass is 9.82. The third kappa shape index (κ3) is 22.4. The van der Waals surface area contributed by atoms with Gasteiger partial charge in [0, 0.05) is 65.6 Å². The summed E-state index contributed by atoms with van der Waals surface area (Å²) in [6.45, 7) is 11.2. The van der Waals surface area contributed by atoms with Gasteiger partial charge in [0.1, 0.15) is 41.3 Å². The summed E-state index contributed by atoms with van der Waals surface area (Å²) in [5.74, 6) is -0.775. The van der Waals surface area contributed by atoms with Gasteiger partial charge in [-0.25, -0.2) is 47.8 Å². The van der Waals surface area contributed by atoms with Crippen molar-refractivity contribution in [3.63, 3.8) is 0 Å². The van der Waals surface area contributed by atoms with Gasteiger partial charge in [-0.2, -0.15) is 8.42 Å². The highest BCUT2D eigenvalue weighted by atomic mass is 35.5. The van der Waals surface area contributed by atoms with Crippen LogP contribution < -0.4 is 41.0 Å². The fourth-order valence-electron chi connectivity index (χ4n) is 8.84. The standard InChI is InChI=1S/C20H19FN4O4S.C20H18FN3O2.C18H17FO5.C12H19BNO2.CH3.ClH/c1-12(26)14-4-3-5-15(9-14)18-17(29-2)7-6-16(19(18)21)8-13-10-23-20(24-11-13)25-30(22,27)28;1-12(25)14-4-3-5-15(9-14)18-17(26-2)7-6-16(19(18)21)8-13-10-23-20(22)24-11-13;1-11(20)12-5-4-6-13(9-12)16-15(22-2)8-7-14(17(16)19)10-24-18(21)23-3;1-11(2,15)12(3,4)16-13-9-5-7-10(14)8-6-9;;/h3-7,9-11H,8H2,1-2H3,(H2,22,27,28)(H,23,24,25);3-7,9-11H,8H2,1-2H3,(H2,22,23,24);4-9H,10H2,1-3H3;5-8,15H,14H2,1-4H3;1H3;1H/q;;;;-1;. The third-order valence-corrected chi connectivity index (χ3v) is 15.2. The maximum absolute atomic E-state index is 15.4. The van der Waals surface area contributed by atoms with E-state index in [2.05, 4.69) is 24.7 Å². The van der Waals surface area contributed by atoms with Gasteiger partial charge in [0.2, 0.25) is 11.9 Å². The van der Waals surface area contributed by atoms with Crippen LogP contribution in [0.2, 0.25) is 0 Å². The summed E-state index contributed by atoms with van der Waals surface area (Å²) in [5.41, 5.74) is 17.3. The Kier molecular flexibility index (Phi) is 29.6. The predicted octanol–water partition coefficient (Wildman–Crippen LogP) is 12.3. The van der Waals surface area contributed by atoms with Crippen LogP contribution in [0.4, 0.5) is 35.5 Å². The maximum atomic E-state index is 15.4. The first-order chi connectivity index (χ1) is 45.4. The summed E-state index contributed by atoms with van der Waals surface area (Å²) < 4.78 is 100. The van der Waals surface area contributed by atoms with Crippen molar-refractivity contribution >= 4 is 76.7 Å². The molecule has 0 spiro atoms. The van der Waals surface area contributed by atoms with Gasteiger partial charge in [0.25, 0.3) is 10.2 Å². The molecule has 21 nitrogen and oxygen atoms in total. The van der Waals surface area contributed by atoms with Gasteiger partial charge in [-0.1, -0.05) is 84.3 Å². The third-order valence-electron chi connectivity index (χ3n) is 14.7. The summed E-state index contributed by atoms with van der Waals surface area (Å²) in [6, 6.07) is 37.1. The SMILES string of the molecule is CC(C)(O)C(C)(C)O[B]c1ccc(N)cc1.COC(=O)OCc1ccc(OC)c(-c2cccc(C(C)=O)c2)c1F.COc1ccc(Cc2cnc(N)nc2)c(F)c1-c1cccc(C(C)=O)c1.COc1ccc(Cc2cnc(NS(N)(=O)=O)nc2)c(F)c1-c1cccc(C(C)=O)c1.Cl.[CH3-]. The Hall–Kier alpha value is -10.2. The largest absolute Gasteiger partial charge is 0.508 e. The molecule has 0 aliphatic rings. The maximum Gasteiger partial charge on any atom is 0.508 e. The first-order valence-corrected chi connectivity index (χ1v) is 30.8. The Bertz CT molecular complexity index is 4340. The Morgan fingerprint density at radius 1 is 0.561 bits per heavy atom. The lowest BCUT2D eigenvalue weighted by molar-refractivity contribution is -0.0893. The molecule has 1 radical (unpaired) electrons. The number of hydrogen-bond acceptors (Lipinski definition) is 19. The van der Waals surface area contributed by atoms with Crippen LogP contribution in [0.5, 0.6) is 17.2 Å². The summed E-state index contributed by atoms with van der Waals surface area (Å²) in [7, 11) is 3.18. The normalized spacial score (nSPS) is 10.8. The molecule has 0 fully saturated rings. The smallest absolute Gasteiger partial charge is 0.496 e. The second kappa shape index (κ2) is 36.2. The molecule has 0 atom stereocenters. The van der Waals surface area contributed by atoms with Gasteiger partial charge in [0.05, 0.1) is 56.3 Å². The minimum absolute atomic E-state index is 0. The number of anilines is 3. The molecular weight excluding hydrogens is 1310 g/mol. The lowest BCUT2D eigenvalue weighted by Crippen LogP contribution is -2.49. The van der Waals surface area contributed by atoms with E-state index in [-0.39, 0.29) is 78.8 Å². The zero-order valence-corrected chi connectivity index (χ0v) is 57.7. The van der Waals surface area contributed by atoms with Crippen molar-refractivity contribution in [3.8, 4) is 50.6 Å². The van der Waals surface area contributed by atoms with Crippen LogP contribution in [-0.4, -0.2) is 104 Å². The van der Waals surface area contributed by atoms with Crippen LogP contribution in [-0.2, 0) is 43.8 Å². The first kappa shape index (κ1) is 80.2. The number of ketones is 3. The highest BCUT2D eigenvalue weighted by Gasteiger charge is 2.35. The molecule has 0 bridgehead atoms. The number of hydrogen-bond donors (Lipinski definition) is 5. The van der Waals surface area contributed by atoms with Crippen LogP contribution >= 0.6 is 12.4 Å². The summed E-state index contributed by atoms with van der Waals surface area (Å²) >= 11 is 0. The summed E-state index contributed by atoms with van der Waals surface area (Å²) in [6.07, 6.45) is 5.47. The topological polar surface area (TPSA) is 320 Å². The number of aliphatic hydroxyl groups is 1. The average molecular weight is 1390 g/mol. The second-order valence-corrected chi connectivity index (χ2v) is 23.6. The molecule has 8 N–H and O–H groups in total. The number of benzene rings is 7. The van der Waals surface area contributed by atoms with E-state index in [0.29, 0.717) is 79.3 Å². The fourth-order valence-corrected chi connectivity index (χ4v) is 9.20. The van der Waals surface area contributed by atoms with Gasteiger partial charge in [-0.05, 0) is 142 Å². The van der Waals surface area contributed by atoms with Crippen LogP contribution in [0.25, 0.3) is 33.4 Å². The van der Waals surface area contributed by atoms with E-state index in [1.54, 1.807) is 137 Å². The Morgan fingerprint density at radius 2 is 0.929 bits per heavy atom. The molecule has 9 rings (SSSR count). The number of nitrogens with two attached hydrogens (primary N) is 3. The van der Waals surface area contributed by atoms with E-state index < -0.39 is 45.0 Å². The molecule has 2 heterocycles. The molecule has 2 aromatic heterocycles. The first-order valence-electron chi connectivity index (χ1n) is 29.2. The highest BCUT2D eigenvalue weighted by Crippen LogP contribution is 2.39.